The van der Waals surface area contributed by atoms with E-state index in [4.69, 9.17) is 4.74 Å². The number of fused-ring (bicyclic) bond motifs is 2. The summed E-state index contributed by atoms with van der Waals surface area (Å²) in [5.74, 6) is -0.0202. The molecular formula is C14H18N2O3. The molecule has 19 heavy (non-hydrogen) atoms. The lowest BCUT2D eigenvalue weighted by Crippen LogP contribution is -2.48. The van der Waals surface area contributed by atoms with E-state index in [0.717, 1.165) is 25.7 Å². The number of pyridine rings is 1. The van der Waals surface area contributed by atoms with Crippen LogP contribution in [0.1, 0.15) is 36.0 Å². The molecule has 2 aliphatic rings. The second kappa shape index (κ2) is 4.81. The Morgan fingerprint density at radius 1 is 1.37 bits per heavy atom. The van der Waals surface area contributed by atoms with Crippen molar-refractivity contribution in [1.29, 1.82) is 0 Å². The zero-order valence-electron chi connectivity index (χ0n) is 11.0. The summed E-state index contributed by atoms with van der Waals surface area (Å²) in [7, 11) is 1.73. The molecule has 2 atom stereocenters. The van der Waals surface area contributed by atoms with E-state index in [-0.39, 0.29) is 29.7 Å². The van der Waals surface area contributed by atoms with Crippen LogP contribution in [0.3, 0.4) is 0 Å². The van der Waals surface area contributed by atoms with Gasteiger partial charge in [0.05, 0.1) is 6.10 Å². The predicted molar refractivity (Wildman–Crippen MR) is 70.1 cm³/mol. The van der Waals surface area contributed by atoms with E-state index in [0.29, 0.717) is 5.56 Å². The van der Waals surface area contributed by atoms with Crippen LogP contribution in [0.5, 0.6) is 0 Å². The Kier molecular flexibility index (Phi) is 3.14. The fourth-order valence-corrected chi connectivity index (χ4v) is 3.38. The van der Waals surface area contributed by atoms with Crippen molar-refractivity contribution in [3.05, 3.63) is 34.2 Å². The molecule has 2 saturated heterocycles. The number of methoxy groups -OCH3 is 1. The van der Waals surface area contributed by atoms with Gasteiger partial charge in [0.25, 0.3) is 5.91 Å². The first-order chi connectivity index (χ1) is 9.19. The van der Waals surface area contributed by atoms with Gasteiger partial charge >= 0.3 is 0 Å². The molecule has 102 valence electrons. The van der Waals surface area contributed by atoms with Crippen molar-refractivity contribution >= 4 is 5.91 Å². The Bertz CT molecular complexity index is 525. The normalized spacial score (nSPS) is 29.5. The van der Waals surface area contributed by atoms with Crippen molar-refractivity contribution in [2.24, 2.45) is 0 Å². The van der Waals surface area contributed by atoms with Crippen LogP contribution >= 0.6 is 0 Å². The van der Waals surface area contributed by atoms with Gasteiger partial charge in [0.2, 0.25) is 5.56 Å². The van der Waals surface area contributed by atoms with E-state index < -0.39 is 0 Å². The third-order valence-corrected chi connectivity index (χ3v) is 4.28. The maximum absolute atomic E-state index is 12.5. The molecule has 0 aromatic carbocycles. The zero-order valence-corrected chi connectivity index (χ0v) is 11.0. The van der Waals surface area contributed by atoms with Crippen molar-refractivity contribution in [2.45, 2.75) is 43.9 Å². The Hall–Kier alpha value is -1.62. The molecular weight excluding hydrogens is 244 g/mol. The Morgan fingerprint density at radius 3 is 2.63 bits per heavy atom. The van der Waals surface area contributed by atoms with Crippen LogP contribution < -0.4 is 5.56 Å². The second-order valence-electron chi connectivity index (χ2n) is 5.37. The first-order valence-corrected chi connectivity index (χ1v) is 6.73. The number of hydrogen-bond acceptors (Lipinski definition) is 3. The standard InChI is InChI=1S/C14H18N2O3/c1-19-12-7-10-2-3-11(8-12)16(10)14(18)9-4-5-15-13(17)6-9/h4-6,10-12H,2-3,7-8H2,1H3,(H,15,17). The number of rotatable bonds is 2. The predicted octanol–water partition coefficient (Wildman–Crippen LogP) is 1.16. The number of aromatic nitrogens is 1. The molecule has 1 amide bonds. The molecule has 0 radical (unpaired) electrons. The van der Waals surface area contributed by atoms with Crippen LogP contribution in [0.15, 0.2) is 23.1 Å². The average Bonchev–Trinajstić information content (AvgIpc) is 2.68. The minimum Gasteiger partial charge on any atom is -0.381 e. The number of amides is 1. The molecule has 5 heteroatoms. The molecule has 1 aromatic rings. The van der Waals surface area contributed by atoms with Gasteiger partial charge in [-0.1, -0.05) is 0 Å². The van der Waals surface area contributed by atoms with Gasteiger partial charge in [-0.05, 0) is 31.7 Å². The first kappa shape index (κ1) is 12.4. The highest BCUT2D eigenvalue weighted by molar-refractivity contribution is 5.94. The third-order valence-electron chi connectivity index (χ3n) is 4.28. The summed E-state index contributed by atoms with van der Waals surface area (Å²) in [5.41, 5.74) is 0.251. The summed E-state index contributed by atoms with van der Waals surface area (Å²) < 4.78 is 5.43. The summed E-state index contributed by atoms with van der Waals surface area (Å²) in [6.07, 6.45) is 5.68. The van der Waals surface area contributed by atoms with Gasteiger partial charge in [-0.2, -0.15) is 0 Å². The number of H-pyrrole nitrogens is 1. The smallest absolute Gasteiger partial charge is 0.254 e. The van der Waals surface area contributed by atoms with Crippen molar-refractivity contribution in [1.82, 2.24) is 9.88 Å². The van der Waals surface area contributed by atoms with Gasteiger partial charge in [0, 0.05) is 37.0 Å². The van der Waals surface area contributed by atoms with Gasteiger partial charge in [0.15, 0.2) is 0 Å². The van der Waals surface area contributed by atoms with Crippen LogP contribution in [-0.2, 0) is 4.74 Å². The molecule has 3 heterocycles. The highest BCUT2D eigenvalue weighted by Gasteiger charge is 2.43. The molecule has 0 saturated carbocycles. The maximum Gasteiger partial charge on any atom is 0.254 e. The van der Waals surface area contributed by atoms with Crippen LogP contribution in [-0.4, -0.2) is 41.1 Å². The molecule has 2 fully saturated rings. The van der Waals surface area contributed by atoms with Crippen molar-refractivity contribution in [3.63, 3.8) is 0 Å². The second-order valence-corrected chi connectivity index (χ2v) is 5.37. The van der Waals surface area contributed by atoms with Gasteiger partial charge in [-0.3, -0.25) is 9.59 Å². The van der Waals surface area contributed by atoms with Gasteiger partial charge in [-0.25, -0.2) is 0 Å². The number of aromatic amines is 1. The van der Waals surface area contributed by atoms with E-state index in [1.807, 2.05) is 4.90 Å². The monoisotopic (exact) mass is 262 g/mol. The van der Waals surface area contributed by atoms with Crippen LogP contribution in [0.2, 0.25) is 0 Å². The summed E-state index contributed by atoms with van der Waals surface area (Å²) in [5, 5.41) is 0. The van der Waals surface area contributed by atoms with Gasteiger partial charge in [-0.15, -0.1) is 0 Å². The molecule has 1 N–H and O–H groups in total. The molecule has 2 unspecified atom stereocenters. The Labute approximate surface area is 111 Å². The lowest BCUT2D eigenvalue weighted by atomic mass is 9.98. The van der Waals surface area contributed by atoms with Crippen LogP contribution in [0, 0.1) is 0 Å². The fourth-order valence-electron chi connectivity index (χ4n) is 3.38. The van der Waals surface area contributed by atoms with E-state index >= 15 is 0 Å². The topological polar surface area (TPSA) is 62.4 Å². The molecule has 0 aliphatic carbocycles. The van der Waals surface area contributed by atoms with Crippen molar-refractivity contribution in [2.75, 3.05) is 7.11 Å². The lowest BCUT2D eigenvalue weighted by Gasteiger charge is -2.38. The number of hydrogen-bond donors (Lipinski definition) is 1. The zero-order chi connectivity index (χ0) is 13.4. The summed E-state index contributed by atoms with van der Waals surface area (Å²) in [4.78, 5) is 28.3. The van der Waals surface area contributed by atoms with Crippen LogP contribution in [0.25, 0.3) is 0 Å². The van der Waals surface area contributed by atoms with E-state index in [1.54, 1.807) is 13.2 Å². The van der Waals surface area contributed by atoms with Crippen molar-refractivity contribution in [3.8, 4) is 0 Å². The number of carbonyl (C=O) groups excluding carboxylic acids is 1. The van der Waals surface area contributed by atoms with E-state index in [9.17, 15) is 9.59 Å². The molecule has 1 aromatic heterocycles. The third kappa shape index (κ3) is 2.18. The number of nitrogens with zero attached hydrogens (tertiary/aromatic N) is 1. The number of nitrogens with one attached hydrogen (secondary N) is 1. The van der Waals surface area contributed by atoms with E-state index in [1.165, 1.54) is 12.3 Å². The highest BCUT2D eigenvalue weighted by atomic mass is 16.5. The van der Waals surface area contributed by atoms with Gasteiger partial charge < -0.3 is 14.6 Å². The van der Waals surface area contributed by atoms with E-state index in [2.05, 4.69) is 4.98 Å². The average molecular weight is 262 g/mol. The summed E-state index contributed by atoms with van der Waals surface area (Å²) in [6.45, 7) is 0. The SMILES string of the molecule is COC1CC2CCC(C1)N2C(=O)c1cc[nH]c(=O)c1. The minimum absolute atomic E-state index is 0.0202. The molecule has 5 nitrogen and oxygen atoms in total. The first-order valence-electron chi connectivity index (χ1n) is 6.73. The summed E-state index contributed by atoms with van der Waals surface area (Å²) in [6, 6.07) is 3.57. The number of carbonyl (C=O) groups is 1. The molecule has 2 bridgehead atoms. The fraction of sp³-hybridized carbons (Fsp3) is 0.571. The largest absolute Gasteiger partial charge is 0.381 e. The molecule has 3 rings (SSSR count). The van der Waals surface area contributed by atoms with Crippen LogP contribution in [0.4, 0.5) is 0 Å². The minimum atomic E-state index is -0.232. The Balaban J connectivity index is 1.84. The molecule has 0 spiro atoms. The highest BCUT2D eigenvalue weighted by Crippen LogP contribution is 2.37. The summed E-state index contributed by atoms with van der Waals surface area (Å²) >= 11 is 0. The number of ether oxygens (including phenoxy) is 1. The quantitative estimate of drug-likeness (QED) is 0.870. The van der Waals surface area contributed by atoms with Gasteiger partial charge in [0.1, 0.15) is 0 Å². The lowest BCUT2D eigenvalue weighted by molar-refractivity contribution is 0.00821. The maximum atomic E-state index is 12.5. The Morgan fingerprint density at radius 2 is 2.05 bits per heavy atom. The number of piperidine rings is 1. The molecule has 2 aliphatic heterocycles. The van der Waals surface area contributed by atoms with Crippen molar-refractivity contribution < 1.29 is 9.53 Å².